The van der Waals surface area contributed by atoms with E-state index in [1.807, 2.05) is 0 Å². The topological polar surface area (TPSA) is 89.7 Å². The molecule has 1 saturated heterocycles. The summed E-state index contributed by atoms with van der Waals surface area (Å²) in [4.78, 5) is 14.4. The number of hydrogen-bond donors (Lipinski definition) is 1. The van der Waals surface area contributed by atoms with Crippen LogP contribution in [0.3, 0.4) is 0 Å². The number of carbonyl (C=O) groups excluding carboxylic acids is 1. The molecule has 2 heterocycles. The second-order valence-corrected chi connectivity index (χ2v) is 7.42. The molecule has 106 valence electrons. The molecule has 0 spiro atoms. The van der Waals surface area contributed by atoms with Crippen LogP contribution in [0.4, 0.5) is 0 Å². The van der Waals surface area contributed by atoms with Gasteiger partial charge in [0.25, 0.3) is 0 Å². The van der Waals surface area contributed by atoms with Crippen LogP contribution in [0.25, 0.3) is 0 Å². The van der Waals surface area contributed by atoms with Crippen LogP contribution in [0.1, 0.15) is 11.3 Å². The molecule has 0 aliphatic carbocycles. The third kappa shape index (κ3) is 3.53. The Hall–Kier alpha value is -0.960. The Labute approximate surface area is 116 Å². The summed E-state index contributed by atoms with van der Waals surface area (Å²) in [6, 6.07) is 3.17. The predicted octanol–water partition coefficient (Wildman–Crippen LogP) is 0.185. The second-order valence-electron chi connectivity index (χ2n) is 4.46. The largest absolute Gasteiger partial charge is 0.379 e. The quantitative estimate of drug-likeness (QED) is 0.859. The van der Waals surface area contributed by atoms with E-state index >= 15 is 0 Å². The summed E-state index contributed by atoms with van der Waals surface area (Å²) >= 11 is 1.04. The van der Waals surface area contributed by atoms with Gasteiger partial charge in [0.2, 0.25) is 15.9 Å². The summed E-state index contributed by atoms with van der Waals surface area (Å²) in [5.74, 6) is -0.0432. The van der Waals surface area contributed by atoms with E-state index in [1.165, 1.54) is 6.07 Å². The van der Waals surface area contributed by atoms with Gasteiger partial charge in [-0.3, -0.25) is 4.79 Å². The number of nitrogens with two attached hydrogens (primary N) is 1. The fraction of sp³-hybridized carbons (Fsp3) is 0.545. The number of amides is 1. The highest BCUT2D eigenvalue weighted by molar-refractivity contribution is 7.91. The molecule has 1 aliphatic heterocycles. The van der Waals surface area contributed by atoms with E-state index in [-0.39, 0.29) is 22.6 Å². The molecule has 0 radical (unpaired) electrons. The van der Waals surface area contributed by atoms with Crippen molar-refractivity contribution in [1.29, 1.82) is 0 Å². The first-order valence-corrected chi connectivity index (χ1v) is 8.19. The molecule has 19 heavy (non-hydrogen) atoms. The third-order valence-corrected chi connectivity index (χ3v) is 5.61. The first-order chi connectivity index (χ1) is 8.88. The zero-order valence-corrected chi connectivity index (χ0v) is 12.2. The minimum Gasteiger partial charge on any atom is -0.379 e. The minimum atomic E-state index is -3.68. The van der Waals surface area contributed by atoms with Crippen molar-refractivity contribution in [2.75, 3.05) is 20.3 Å². The summed E-state index contributed by atoms with van der Waals surface area (Å²) in [5, 5.41) is 5.03. The molecule has 1 aromatic rings. The monoisotopic (exact) mass is 304 g/mol. The van der Waals surface area contributed by atoms with Crippen LogP contribution in [0, 0.1) is 0 Å². The fourth-order valence-corrected chi connectivity index (χ4v) is 3.68. The fourth-order valence-electron chi connectivity index (χ4n) is 1.91. The second kappa shape index (κ2) is 5.58. The number of nitrogens with zero attached hydrogens (tertiary/aromatic N) is 1. The van der Waals surface area contributed by atoms with Crippen molar-refractivity contribution in [2.24, 2.45) is 5.14 Å². The Kier molecular flexibility index (Phi) is 4.24. The van der Waals surface area contributed by atoms with Crippen molar-refractivity contribution in [3.8, 4) is 0 Å². The van der Waals surface area contributed by atoms with Crippen molar-refractivity contribution in [3.63, 3.8) is 0 Å². The number of likely N-dealkylation sites (N-methyl/N-ethyl adjacent to an activating group) is 1. The lowest BCUT2D eigenvalue weighted by Crippen LogP contribution is -2.38. The lowest BCUT2D eigenvalue weighted by atomic mass is 10.2. The van der Waals surface area contributed by atoms with Gasteiger partial charge in [-0.05, 0) is 18.6 Å². The number of ether oxygens (including phenoxy) is 1. The molecule has 8 heteroatoms. The lowest BCUT2D eigenvalue weighted by molar-refractivity contribution is -0.131. The normalized spacial score (nSPS) is 19.6. The highest BCUT2D eigenvalue weighted by atomic mass is 32.2. The van der Waals surface area contributed by atoms with Gasteiger partial charge in [0.15, 0.2) is 0 Å². The summed E-state index contributed by atoms with van der Waals surface area (Å²) < 4.78 is 27.6. The molecule has 1 amide bonds. The van der Waals surface area contributed by atoms with Crippen molar-refractivity contribution in [1.82, 2.24) is 4.90 Å². The molecule has 0 saturated carbocycles. The Morgan fingerprint density at radius 2 is 2.32 bits per heavy atom. The third-order valence-electron chi connectivity index (χ3n) is 3.09. The molecular formula is C11H16N2O4S2. The zero-order valence-electron chi connectivity index (χ0n) is 10.5. The molecule has 2 rings (SSSR count). The molecule has 1 fully saturated rings. The van der Waals surface area contributed by atoms with Crippen LogP contribution in [0.5, 0.6) is 0 Å². The minimum absolute atomic E-state index is 0.0432. The van der Waals surface area contributed by atoms with Gasteiger partial charge in [-0.1, -0.05) is 0 Å². The zero-order chi connectivity index (χ0) is 14.0. The summed E-state index contributed by atoms with van der Waals surface area (Å²) in [6.45, 7) is 1.24. The van der Waals surface area contributed by atoms with Crippen LogP contribution in [0.2, 0.25) is 0 Å². The van der Waals surface area contributed by atoms with Crippen LogP contribution >= 0.6 is 11.3 Å². The van der Waals surface area contributed by atoms with E-state index < -0.39 is 10.0 Å². The summed E-state index contributed by atoms with van der Waals surface area (Å²) in [5.41, 5.74) is 0. The predicted molar refractivity (Wildman–Crippen MR) is 71.4 cm³/mol. The highest BCUT2D eigenvalue weighted by Gasteiger charge is 2.24. The van der Waals surface area contributed by atoms with Crippen LogP contribution < -0.4 is 5.14 Å². The standard InChI is InChI=1S/C11H16N2O4S2/c1-13(8-4-5-17-7-8)10(14)6-9-2-3-11(18-9)19(12,15)16/h2-3,8H,4-7H2,1H3,(H2,12,15,16). The summed E-state index contributed by atoms with van der Waals surface area (Å²) in [7, 11) is -1.93. The molecule has 0 bridgehead atoms. The van der Waals surface area contributed by atoms with E-state index in [9.17, 15) is 13.2 Å². The molecular weight excluding hydrogens is 288 g/mol. The van der Waals surface area contributed by atoms with E-state index in [0.29, 0.717) is 18.1 Å². The molecule has 1 aliphatic rings. The first-order valence-electron chi connectivity index (χ1n) is 5.83. The highest BCUT2D eigenvalue weighted by Crippen LogP contribution is 2.21. The van der Waals surface area contributed by atoms with E-state index in [1.54, 1.807) is 18.0 Å². The molecule has 1 aromatic heterocycles. The molecule has 1 unspecified atom stereocenters. The molecule has 2 N–H and O–H groups in total. The maximum atomic E-state index is 12.1. The Balaban J connectivity index is 2.00. The summed E-state index contributed by atoms with van der Waals surface area (Å²) in [6.07, 6.45) is 1.03. The number of rotatable bonds is 4. The Morgan fingerprint density at radius 1 is 1.58 bits per heavy atom. The van der Waals surface area contributed by atoms with Gasteiger partial charge in [-0.15, -0.1) is 11.3 Å². The van der Waals surface area contributed by atoms with Gasteiger partial charge in [0.1, 0.15) is 4.21 Å². The van der Waals surface area contributed by atoms with Gasteiger partial charge in [-0.25, -0.2) is 13.6 Å². The average Bonchev–Trinajstić information content (AvgIpc) is 2.97. The van der Waals surface area contributed by atoms with Gasteiger partial charge in [0, 0.05) is 18.5 Å². The number of primary sulfonamides is 1. The van der Waals surface area contributed by atoms with Gasteiger partial charge < -0.3 is 9.64 Å². The average molecular weight is 304 g/mol. The van der Waals surface area contributed by atoms with Crippen molar-refractivity contribution in [2.45, 2.75) is 23.1 Å². The van der Waals surface area contributed by atoms with Crippen molar-refractivity contribution in [3.05, 3.63) is 17.0 Å². The Bertz CT molecular complexity index is 561. The maximum absolute atomic E-state index is 12.1. The van der Waals surface area contributed by atoms with Crippen molar-refractivity contribution < 1.29 is 17.9 Å². The van der Waals surface area contributed by atoms with Gasteiger partial charge in [-0.2, -0.15) is 0 Å². The van der Waals surface area contributed by atoms with Crippen LogP contribution in [-0.4, -0.2) is 45.5 Å². The Morgan fingerprint density at radius 3 is 2.84 bits per heavy atom. The van der Waals surface area contributed by atoms with Crippen LogP contribution in [0.15, 0.2) is 16.3 Å². The van der Waals surface area contributed by atoms with E-state index in [0.717, 1.165) is 17.8 Å². The smallest absolute Gasteiger partial charge is 0.247 e. The van der Waals surface area contributed by atoms with Gasteiger partial charge in [0.05, 0.1) is 19.1 Å². The maximum Gasteiger partial charge on any atom is 0.247 e. The number of sulfonamides is 1. The first kappa shape index (κ1) is 14.4. The van der Waals surface area contributed by atoms with Crippen molar-refractivity contribution >= 4 is 27.3 Å². The number of carbonyl (C=O) groups is 1. The molecule has 6 nitrogen and oxygen atoms in total. The van der Waals surface area contributed by atoms with Crippen LogP contribution in [-0.2, 0) is 26.0 Å². The molecule has 0 aromatic carbocycles. The lowest BCUT2D eigenvalue weighted by Gasteiger charge is -2.22. The SMILES string of the molecule is CN(C(=O)Cc1ccc(S(N)(=O)=O)s1)C1CCOC1. The molecule has 1 atom stereocenters. The number of thiophene rings is 1. The van der Waals surface area contributed by atoms with Gasteiger partial charge >= 0.3 is 0 Å². The number of hydrogen-bond acceptors (Lipinski definition) is 5. The van der Waals surface area contributed by atoms with E-state index in [2.05, 4.69) is 0 Å². The van der Waals surface area contributed by atoms with E-state index in [4.69, 9.17) is 9.88 Å².